The number of alkyl halides is 3. The van der Waals surface area contributed by atoms with Crippen molar-refractivity contribution in [3.05, 3.63) is 51.0 Å². The van der Waals surface area contributed by atoms with Crippen molar-refractivity contribution in [1.82, 2.24) is 4.98 Å². The van der Waals surface area contributed by atoms with Crippen LogP contribution >= 0.6 is 11.3 Å². The van der Waals surface area contributed by atoms with E-state index < -0.39 is 17.7 Å². The molecule has 0 aliphatic carbocycles. The lowest BCUT2D eigenvalue weighted by atomic mass is 10.1. The summed E-state index contributed by atoms with van der Waals surface area (Å²) in [5.41, 5.74) is 0.236. The summed E-state index contributed by atoms with van der Waals surface area (Å²) in [6.45, 7) is 5.69. The number of nitrogens with zero attached hydrogens (tertiary/aromatic N) is 1. The number of aromatic nitrogens is 1. The Morgan fingerprint density at radius 1 is 1.23 bits per heavy atom. The van der Waals surface area contributed by atoms with Gasteiger partial charge >= 0.3 is 12.1 Å². The van der Waals surface area contributed by atoms with Crippen LogP contribution in [0.2, 0.25) is 0 Å². The molecule has 0 aliphatic heterocycles. The van der Waals surface area contributed by atoms with Crippen molar-refractivity contribution < 1.29 is 23.1 Å². The molecule has 0 aliphatic rings. The van der Waals surface area contributed by atoms with Gasteiger partial charge in [-0.05, 0) is 24.6 Å². The topological polar surface area (TPSA) is 50.2 Å². The molecule has 0 unspecified atom stereocenters. The molecule has 1 heterocycles. The smallest absolute Gasteiger partial charge is 0.416 e. The average molecular weight is 331 g/mol. The van der Waals surface area contributed by atoms with E-state index >= 15 is 0 Å². The lowest BCUT2D eigenvalue weighted by Crippen LogP contribution is -2.05. The molecule has 2 rings (SSSR count). The Morgan fingerprint density at radius 2 is 1.77 bits per heavy atom. The molecule has 120 valence electrons. The van der Waals surface area contributed by atoms with E-state index in [0.717, 1.165) is 23.5 Å². The van der Waals surface area contributed by atoms with Gasteiger partial charge in [0.2, 0.25) is 0 Å². The Balaban J connectivity index is 0.00000116. The minimum Gasteiger partial charge on any atom is -0.477 e. The van der Waals surface area contributed by atoms with Crippen LogP contribution in [0.1, 0.15) is 45.3 Å². The molecular formula is C15H16F3NO2S. The molecule has 0 spiro atoms. The Labute approximate surface area is 130 Å². The zero-order valence-corrected chi connectivity index (χ0v) is 13.2. The first-order valence-electron chi connectivity index (χ1n) is 6.63. The average Bonchev–Trinajstić information content (AvgIpc) is 2.82. The SMILES string of the molecule is CC.Cc1nc(Cc2ccc(C(F)(F)F)cc2)c(C(=O)O)s1. The minimum atomic E-state index is -4.37. The summed E-state index contributed by atoms with van der Waals surface area (Å²) in [6.07, 6.45) is -4.17. The molecule has 3 nitrogen and oxygen atoms in total. The van der Waals surface area contributed by atoms with Crippen LogP contribution in [0, 0.1) is 6.92 Å². The normalized spacial score (nSPS) is 10.8. The monoisotopic (exact) mass is 331 g/mol. The Bertz CT molecular complexity index is 633. The third kappa shape index (κ3) is 4.56. The molecule has 7 heteroatoms. The van der Waals surface area contributed by atoms with Crippen molar-refractivity contribution in [1.29, 1.82) is 0 Å². The number of thiazole rings is 1. The molecule has 1 aromatic heterocycles. The van der Waals surface area contributed by atoms with E-state index in [1.54, 1.807) is 6.92 Å². The number of carboxylic acids is 1. The summed E-state index contributed by atoms with van der Waals surface area (Å²) in [6, 6.07) is 4.64. The number of hydrogen-bond acceptors (Lipinski definition) is 3. The second-order valence-electron chi connectivity index (χ2n) is 4.19. The Hall–Kier alpha value is -1.89. The van der Waals surface area contributed by atoms with Crippen LogP contribution in [0.3, 0.4) is 0 Å². The number of aromatic carboxylic acids is 1. The van der Waals surface area contributed by atoms with E-state index in [9.17, 15) is 18.0 Å². The number of halogens is 3. The molecule has 0 saturated heterocycles. The highest BCUT2D eigenvalue weighted by Gasteiger charge is 2.30. The van der Waals surface area contributed by atoms with Crippen LogP contribution in [-0.4, -0.2) is 16.1 Å². The molecule has 0 saturated carbocycles. The lowest BCUT2D eigenvalue weighted by molar-refractivity contribution is -0.137. The maximum absolute atomic E-state index is 12.4. The molecule has 1 N–H and O–H groups in total. The first kappa shape index (κ1) is 18.2. The van der Waals surface area contributed by atoms with Crippen molar-refractivity contribution >= 4 is 17.3 Å². The van der Waals surface area contributed by atoms with Crippen molar-refractivity contribution in [2.45, 2.75) is 33.4 Å². The van der Waals surface area contributed by atoms with Gasteiger partial charge in [0.15, 0.2) is 0 Å². The predicted molar refractivity (Wildman–Crippen MR) is 79.4 cm³/mol. The van der Waals surface area contributed by atoms with Gasteiger partial charge in [-0.15, -0.1) is 11.3 Å². The summed E-state index contributed by atoms with van der Waals surface area (Å²) in [7, 11) is 0. The van der Waals surface area contributed by atoms with Crippen LogP contribution < -0.4 is 0 Å². The summed E-state index contributed by atoms with van der Waals surface area (Å²) < 4.78 is 37.3. The van der Waals surface area contributed by atoms with Crippen LogP contribution in [0.25, 0.3) is 0 Å². The highest BCUT2D eigenvalue weighted by atomic mass is 32.1. The Morgan fingerprint density at radius 3 is 2.23 bits per heavy atom. The predicted octanol–water partition coefficient (Wildman–Crippen LogP) is 4.79. The van der Waals surface area contributed by atoms with Crippen molar-refractivity contribution in [3.8, 4) is 0 Å². The summed E-state index contributed by atoms with van der Waals surface area (Å²) in [5.74, 6) is -1.07. The van der Waals surface area contributed by atoms with E-state index in [-0.39, 0.29) is 11.3 Å². The summed E-state index contributed by atoms with van der Waals surface area (Å²) in [5, 5.41) is 9.64. The third-order valence-corrected chi connectivity index (χ3v) is 3.65. The molecular weight excluding hydrogens is 315 g/mol. The number of hydrogen-bond donors (Lipinski definition) is 1. The molecule has 1 aromatic carbocycles. The van der Waals surface area contributed by atoms with E-state index in [0.29, 0.717) is 16.3 Å². The molecule has 0 fully saturated rings. The van der Waals surface area contributed by atoms with Crippen molar-refractivity contribution in [3.63, 3.8) is 0 Å². The van der Waals surface area contributed by atoms with Gasteiger partial charge in [0.25, 0.3) is 0 Å². The fourth-order valence-electron chi connectivity index (χ4n) is 1.76. The van der Waals surface area contributed by atoms with Gasteiger partial charge in [0.1, 0.15) is 4.88 Å². The molecule has 2 aromatic rings. The highest BCUT2D eigenvalue weighted by Crippen LogP contribution is 2.29. The minimum absolute atomic E-state index is 0.127. The van der Waals surface area contributed by atoms with Gasteiger partial charge in [0.05, 0.1) is 16.3 Å². The van der Waals surface area contributed by atoms with Gasteiger partial charge < -0.3 is 5.11 Å². The first-order chi connectivity index (χ1) is 10.3. The summed E-state index contributed by atoms with van der Waals surface area (Å²) >= 11 is 1.06. The zero-order chi connectivity index (χ0) is 16.9. The fourth-order valence-corrected chi connectivity index (χ4v) is 2.54. The number of rotatable bonds is 3. The first-order valence-corrected chi connectivity index (χ1v) is 7.45. The third-order valence-electron chi connectivity index (χ3n) is 2.65. The molecule has 22 heavy (non-hydrogen) atoms. The molecule has 0 bridgehead atoms. The van der Waals surface area contributed by atoms with Crippen LogP contribution in [0.5, 0.6) is 0 Å². The highest BCUT2D eigenvalue weighted by molar-refractivity contribution is 7.13. The van der Waals surface area contributed by atoms with E-state index in [4.69, 9.17) is 5.11 Å². The van der Waals surface area contributed by atoms with Gasteiger partial charge in [-0.1, -0.05) is 26.0 Å². The van der Waals surface area contributed by atoms with Gasteiger partial charge in [-0.3, -0.25) is 0 Å². The maximum atomic E-state index is 12.4. The van der Waals surface area contributed by atoms with Crippen molar-refractivity contribution in [2.24, 2.45) is 0 Å². The number of benzene rings is 1. The Kier molecular flexibility index (Phi) is 6.11. The number of carbonyl (C=O) groups is 1. The van der Waals surface area contributed by atoms with Crippen LogP contribution in [0.4, 0.5) is 13.2 Å². The van der Waals surface area contributed by atoms with E-state index in [2.05, 4.69) is 4.98 Å². The van der Waals surface area contributed by atoms with E-state index in [1.807, 2.05) is 13.8 Å². The molecule has 0 atom stereocenters. The number of carboxylic acid groups (broad SMARTS) is 1. The maximum Gasteiger partial charge on any atom is 0.416 e. The molecule has 0 amide bonds. The standard InChI is InChI=1S/C13H10F3NO2S.C2H6/c1-7-17-10(11(20-7)12(18)19)6-8-2-4-9(5-3-8)13(14,15)16;1-2/h2-5H,6H2,1H3,(H,18,19);1-2H3. The largest absolute Gasteiger partial charge is 0.477 e. The second-order valence-corrected chi connectivity index (χ2v) is 5.39. The molecule has 0 radical (unpaired) electrons. The van der Waals surface area contributed by atoms with Crippen LogP contribution in [0.15, 0.2) is 24.3 Å². The van der Waals surface area contributed by atoms with Gasteiger partial charge in [-0.2, -0.15) is 13.2 Å². The lowest BCUT2D eigenvalue weighted by Gasteiger charge is -2.07. The van der Waals surface area contributed by atoms with Gasteiger partial charge in [0, 0.05) is 6.42 Å². The summed E-state index contributed by atoms with van der Waals surface area (Å²) in [4.78, 5) is 15.3. The number of aryl methyl sites for hydroxylation is 1. The van der Waals surface area contributed by atoms with Gasteiger partial charge in [-0.25, -0.2) is 9.78 Å². The van der Waals surface area contributed by atoms with Crippen LogP contribution in [-0.2, 0) is 12.6 Å². The fraction of sp³-hybridized carbons (Fsp3) is 0.333. The second kappa shape index (κ2) is 7.40. The quantitative estimate of drug-likeness (QED) is 0.880. The van der Waals surface area contributed by atoms with Crippen molar-refractivity contribution in [2.75, 3.05) is 0 Å². The zero-order valence-electron chi connectivity index (χ0n) is 12.4. The van der Waals surface area contributed by atoms with E-state index in [1.165, 1.54) is 12.1 Å².